The lowest BCUT2D eigenvalue weighted by Gasteiger charge is -2.25. The number of carbonyl (C=O) groups is 1. The topological polar surface area (TPSA) is 55.8 Å². The maximum absolute atomic E-state index is 10.9. The zero-order chi connectivity index (χ0) is 13.1. The third-order valence-corrected chi connectivity index (χ3v) is 3.75. The summed E-state index contributed by atoms with van der Waals surface area (Å²) in [5.74, 6) is 0.649. The highest BCUT2D eigenvalue weighted by atomic mass is 79.9. The Morgan fingerprint density at radius 3 is 2.72 bits per heavy atom. The van der Waals surface area contributed by atoms with Crippen LogP contribution >= 0.6 is 15.9 Å². The molecular formula is C13H15BrO4. The number of aromatic carboxylic acids is 1. The van der Waals surface area contributed by atoms with Gasteiger partial charge in [0.25, 0.3) is 0 Å². The molecule has 0 aromatic heterocycles. The minimum absolute atomic E-state index is 0.176. The van der Waals surface area contributed by atoms with E-state index in [-0.39, 0.29) is 5.56 Å². The Morgan fingerprint density at radius 1 is 1.50 bits per heavy atom. The normalized spacial score (nSPS) is 15.0. The van der Waals surface area contributed by atoms with Crippen LogP contribution < -0.4 is 9.47 Å². The van der Waals surface area contributed by atoms with Gasteiger partial charge in [0.15, 0.2) is 11.5 Å². The van der Waals surface area contributed by atoms with E-state index in [9.17, 15) is 4.79 Å². The fourth-order valence-electron chi connectivity index (χ4n) is 1.84. The Bertz CT molecular complexity index is 455. The summed E-state index contributed by atoms with van der Waals surface area (Å²) in [6, 6.07) is 3.00. The third-order valence-electron chi connectivity index (χ3n) is 3.16. The number of carboxylic acid groups (broad SMARTS) is 1. The quantitative estimate of drug-likeness (QED) is 0.905. The van der Waals surface area contributed by atoms with E-state index in [1.165, 1.54) is 38.5 Å². The fraction of sp³-hybridized carbons (Fsp3) is 0.462. The molecule has 1 fully saturated rings. The van der Waals surface area contributed by atoms with E-state index in [1.807, 2.05) is 0 Å². The molecule has 0 atom stereocenters. The number of rotatable bonds is 5. The SMILES string of the molecule is COc1cc(C(=O)O)cc(Br)c1OCC1CCC1. The second kappa shape index (κ2) is 5.61. The monoisotopic (exact) mass is 314 g/mol. The molecule has 18 heavy (non-hydrogen) atoms. The maximum Gasteiger partial charge on any atom is 0.335 e. The van der Waals surface area contributed by atoms with Crippen molar-refractivity contribution < 1.29 is 19.4 Å². The van der Waals surface area contributed by atoms with Gasteiger partial charge in [0, 0.05) is 0 Å². The lowest BCUT2D eigenvalue weighted by molar-refractivity contribution is 0.0696. The van der Waals surface area contributed by atoms with E-state index in [0.29, 0.717) is 28.5 Å². The standard InChI is InChI=1S/C13H15BrO4/c1-17-11-6-9(13(15)16)5-10(14)12(11)18-7-8-3-2-4-8/h5-6,8H,2-4,7H2,1H3,(H,15,16). The predicted molar refractivity (Wildman–Crippen MR) is 70.5 cm³/mol. The van der Waals surface area contributed by atoms with Gasteiger partial charge in [-0.2, -0.15) is 0 Å². The summed E-state index contributed by atoms with van der Waals surface area (Å²) < 4.78 is 11.5. The Kier molecular flexibility index (Phi) is 4.11. The van der Waals surface area contributed by atoms with Gasteiger partial charge in [0.1, 0.15) is 0 Å². The van der Waals surface area contributed by atoms with E-state index in [1.54, 1.807) is 0 Å². The average Bonchev–Trinajstić information content (AvgIpc) is 2.28. The molecule has 1 aromatic carbocycles. The Hall–Kier alpha value is -1.23. The van der Waals surface area contributed by atoms with Crippen LogP contribution in [0.2, 0.25) is 0 Å². The van der Waals surface area contributed by atoms with Crippen LogP contribution in [0.5, 0.6) is 11.5 Å². The predicted octanol–water partition coefficient (Wildman–Crippen LogP) is 3.33. The number of benzene rings is 1. The molecule has 0 radical (unpaired) electrons. The lowest BCUT2D eigenvalue weighted by Crippen LogP contribution is -2.19. The minimum Gasteiger partial charge on any atom is -0.493 e. The Morgan fingerprint density at radius 2 is 2.22 bits per heavy atom. The van der Waals surface area contributed by atoms with Gasteiger partial charge in [-0.15, -0.1) is 0 Å². The molecule has 4 nitrogen and oxygen atoms in total. The summed E-state index contributed by atoms with van der Waals surface area (Å²) in [6.45, 7) is 0.654. The number of ether oxygens (including phenoxy) is 2. The molecule has 0 aliphatic heterocycles. The van der Waals surface area contributed by atoms with Crippen molar-refractivity contribution in [3.05, 3.63) is 22.2 Å². The van der Waals surface area contributed by atoms with Gasteiger partial charge in [-0.1, -0.05) is 6.42 Å². The smallest absolute Gasteiger partial charge is 0.335 e. The van der Waals surface area contributed by atoms with Gasteiger partial charge in [0.05, 0.1) is 23.8 Å². The van der Waals surface area contributed by atoms with Crippen molar-refractivity contribution in [2.75, 3.05) is 13.7 Å². The summed E-state index contributed by atoms with van der Waals surface area (Å²) in [4.78, 5) is 10.9. The van der Waals surface area contributed by atoms with Gasteiger partial charge in [-0.3, -0.25) is 0 Å². The Balaban J connectivity index is 2.18. The van der Waals surface area contributed by atoms with E-state index >= 15 is 0 Å². The largest absolute Gasteiger partial charge is 0.493 e. The first-order chi connectivity index (χ1) is 8.61. The minimum atomic E-state index is -0.987. The van der Waals surface area contributed by atoms with Crippen LogP contribution in [0.4, 0.5) is 0 Å². The van der Waals surface area contributed by atoms with Crippen molar-refractivity contribution in [1.82, 2.24) is 0 Å². The molecule has 98 valence electrons. The number of carboxylic acids is 1. The molecule has 0 bridgehead atoms. The first kappa shape index (κ1) is 13.2. The van der Waals surface area contributed by atoms with E-state index in [2.05, 4.69) is 15.9 Å². The molecule has 0 heterocycles. The second-order valence-electron chi connectivity index (χ2n) is 4.40. The van der Waals surface area contributed by atoms with Crippen LogP contribution in [-0.2, 0) is 0 Å². The van der Waals surface area contributed by atoms with Crippen molar-refractivity contribution in [3.63, 3.8) is 0 Å². The maximum atomic E-state index is 10.9. The van der Waals surface area contributed by atoms with E-state index < -0.39 is 5.97 Å². The van der Waals surface area contributed by atoms with Crippen LogP contribution in [0.1, 0.15) is 29.6 Å². The van der Waals surface area contributed by atoms with Crippen molar-refractivity contribution in [1.29, 1.82) is 0 Å². The molecule has 0 unspecified atom stereocenters. The molecular weight excluding hydrogens is 300 g/mol. The van der Waals surface area contributed by atoms with Gasteiger partial charge in [0.2, 0.25) is 0 Å². The first-order valence-corrected chi connectivity index (χ1v) is 6.64. The number of methoxy groups -OCH3 is 1. The fourth-order valence-corrected chi connectivity index (χ4v) is 2.40. The highest BCUT2D eigenvalue weighted by Crippen LogP contribution is 2.38. The molecule has 2 rings (SSSR count). The highest BCUT2D eigenvalue weighted by Gasteiger charge is 2.20. The second-order valence-corrected chi connectivity index (χ2v) is 5.26. The number of halogens is 1. The number of hydrogen-bond acceptors (Lipinski definition) is 3. The molecule has 1 N–H and O–H groups in total. The Labute approximate surface area is 114 Å². The highest BCUT2D eigenvalue weighted by molar-refractivity contribution is 9.10. The van der Waals surface area contributed by atoms with Crippen molar-refractivity contribution >= 4 is 21.9 Å². The lowest BCUT2D eigenvalue weighted by atomic mass is 9.86. The zero-order valence-corrected chi connectivity index (χ0v) is 11.7. The summed E-state index contributed by atoms with van der Waals surface area (Å²) in [6.07, 6.45) is 3.67. The molecule has 0 amide bonds. The molecule has 1 aromatic rings. The van der Waals surface area contributed by atoms with Crippen molar-refractivity contribution in [2.45, 2.75) is 19.3 Å². The van der Waals surface area contributed by atoms with Gasteiger partial charge in [-0.05, 0) is 46.8 Å². The van der Waals surface area contributed by atoms with Gasteiger partial charge in [-0.25, -0.2) is 4.79 Å². The molecule has 5 heteroatoms. The van der Waals surface area contributed by atoms with Crippen LogP contribution in [-0.4, -0.2) is 24.8 Å². The van der Waals surface area contributed by atoms with Gasteiger partial charge >= 0.3 is 5.97 Å². The van der Waals surface area contributed by atoms with Crippen molar-refractivity contribution in [3.8, 4) is 11.5 Å². The van der Waals surface area contributed by atoms with Crippen LogP contribution in [0.15, 0.2) is 16.6 Å². The molecule has 0 spiro atoms. The summed E-state index contributed by atoms with van der Waals surface area (Å²) >= 11 is 3.33. The zero-order valence-electron chi connectivity index (χ0n) is 10.1. The summed E-state index contributed by atoms with van der Waals surface area (Å²) in [5, 5.41) is 8.97. The van der Waals surface area contributed by atoms with Crippen LogP contribution in [0.25, 0.3) is 0 Å². The summed E-state index contributed by atoms with van der Waals surface area (Å²) in [7, 11) is 1.50. The van der Waals surface area contributed by atoms with E-state index in [0.717, 1.165) is 0 Å². The molecule has 1 aliphatic carbocycles. The van der Waals surface area contributed by atoms with E-state index in [4.69, 9.17) is 14.6 Å². The average molecular weight is 315 g/mol. The number of hydrogen-bond donors (Lipinski definition) is 1. The van der Waals surface area contributed by atoms with Crippen LogP contribution in [0, 0.1) is 5.92 Å². The molecule has 1 aliphatic rings. The molecule has 1 saturated carbocycles. The van der Waals surface area contributed by atoms with Crippen molar-refractivity contribution in [2.24, 2.45) is 5.92 Å². The molecule has 0 saturated heterocycles. The summed E-state index contributed by atoms with van der Waals surface area (Å²) in [5.41, 5.74) is 0.176. The van der Waals surface area contributed by atoms with Gasteiger partial charge < -0.3 is 14.6 Å². The third kappa shape index (κ3) is 2.77. The van der Waals surface area contributed by atoms with Crippen LogP contribution in [0.3, 0.4) is 0 Å². The first-order valence-electron chi connectivity index (χ1n) is 5.85.